The van der Waals surface area contributed by atoms with E-state index in [1.54, 1.807) is 25.0 Å². The molecule has 0 bridgehead atoms. The Morgan fingerprint density at radius 3 is 2.18 bits per heavy atom. The van der Waals surface area contributed by atoms with Crippen molar-refractivity contribution < 1.29 is 18.7 Å². The number of Topliss-reactive ketones (excluding diaryl/α,β-unsaturated/α-hetero) is 1. The van der Waals surface area contributed by atoms with E-state index in [9.17, 15) is 14.0 Å². The van der Waals surface area contributed by atoms with E-state index in [1.165, 1.54) is 6.07 Å². The molecule has 0 radical (unpaired) electrons. The van der Waals surface area contributed by atoms with Crippen molar-refractivity contribution in [3.05, 3.63) is 83.4 Å². The number of ketones is 1. The lowest BCUT2D eigenvalue weighted by molar-refractivity contribution is -0.118. The zero-order chi connectivity index (χ0) is 23.8. The molecule has 0 aliphatic heterocycles. The summed E-state index contributed by atoms with van der Waals surface area (Å²) in [5.74, 6) is -0.424. The fraction of sp³-hybridized carbons (Fsp3) is 0.296. The number of carbonyl (C=O) groups excluding carboxylic acids is 2. The number of nitrogens with zero attached hydrogens (tertiary/aromatic N) is 2. The number of anilines is 1. The van der Waals surface area contributed by atoms with Crippen LogP contribution < -0.4 is 4.90 Å². The molecule has 0 saturated carbocycles. The van der Waals surface area contributed by atoms with Gasteiger partial charge in [-0.15, -0.1) is 0 Å². The maximum atomic E-state index is 13.2. The Morgan fingerprint density at radius 1 is 0.970 bits per heavy atom. The van der Waals surface area contributed by atoms with Crippen molar-refractivity contribution in [1.82, 2.24) is 4.98 Å². The summed E-state index contributed by atoms with van der Waals surface area (Å²) in [6.07, 6.45) is 1.29. The first-order valence-electron chi connectivity index (χ1n) is 11.1. The molecule has 3 rings (SSSR count). The lowest BCUT2D eigenvalue weighted by Gasteiger charge is -2.22. The second-order valence-corrected chi connectivity index (χ2v) is 7.82. The van der Waals surface area contributed by atoms with E-state index in [-0.39, 0.29) is 11.7 Å². The number of pyridine rings is 1. The van der Waals surface area contributed by atoms with Crippen molar-refractivity contribution in [1.29, 1.82) is 0 Å². The van der Waals surface area contributed by atoms with Gasteiger partial charge in [-0.05, 0) is 48.2 Å². The van der Waals surface area contributed by atoms with Gasteiger partial charge in [0.25, 0.3) is 0 Å². The van der Waals surface area contributed by atoms with Gasteiger partial charge in [0.1, 0.15) is 0 Å². The van der Waals surface area contributed by atoms with Crippen LogP contribution in [0.25, 0.3) is 11.1 Å². The number of methoxy groups -OCH3 is 1. The van der Waals surface area contributed by atoms with Crippen molar-refractivity contribution in [3.63, 3.8) is 0 Å². The molecule has 6 heteroatoms. The van der Waals surface area contributed by atoms with Gasteiger partial charge in [0.15, 0.2) is 5.78 Å². The standard InChI is InChI=1S/C27H29FN2O3/c1-4-27(32)30(17-18-33-3)24-13-9-22(10-14-24)21-5-7-23(8-6-21)25(31)15-11-20-12-16-26(28)29-19(20)2/h5-10,12-14,16H,4,11,15,17-18H2,1-3H3. The van der Waals surface area contributed by atoms with E-state index < -0.39 is 5.95 Å². The molecule has 0 aliphatic rings. The number of aryl methyl sites for hydroxylation is 2. The molecule has 33 heavy (non-hydrogen) atoms. The Kier molecular flexibility index (Phi) is 8.44. The van der Waals surface area contributed by atoms with Crippen LogP contribution in [-0.4, -0.2) is 36.9 Å². The summed E-state index contributed by atoms with van der Waals surface area (Å²) in [5, 5.41) is 0. The van der Waals surface area contributed by atoms with Gasteiger partial charge in [0.05, 0.1) is 6.61 Å². The minimum atomic E-state index is -0.508. The minimum absolute atomic E-state index is 0.0347. The first-order chi connectivity index (χ1) is 15.9. The fourth-order valence-electron chi connectivity index (χ4n) is 3.67. The topological polar surface area (TPSA) is 59.5 Å². The van der Waals surface area contributed by atoms with E-state index in [4.69, 9.17) is 4.74 Å². The van der Waals surface area contributed by atoms with Gasteiger partial charge in [0.2, 0.25) is 11.9 Å². The van der Waals surface area contributed by atoms with Gasteiger partial charge >= 0.3 is 0 Å². The van der Waals surface area contributed by atoms with Crippen LogP contribution in [0.2, 0.25) is 0 Å². The molecule has 1 heterocycles. The average Bonchev–Trinajstić information content (AvgIpc) is 2.84. The van der Waals surface area contributed by atoms with Crippen LogP contribution in [-0.2, 0) is 16.0 Å². The van der Waals surface area contributed by atoms with Crippen LogP contribution in [0.15, 0.2) is 60.7 Å². The van der Waals surface area contributed by atoms with Crippen LogP contribution in [0.3, 0.4) is 0 Å². The van der Waals surface area contributed by atoms with Gasteiger partial charge in [0, 0.05) is 43.4 Å². The molecule has 3 aromatic rings. The second-order valence-electron chi connectivity index (χ2n) is 7.82. The number of carbonyl (C=O) groups is 2. The third-order valence-electron chi connectivity index (χ3n) is 5.62. The SMILES string of the molecule is CCC(=O)N(CCOC)c1ccc(-c2ccc(C(=O)CCc3ccc(F)nc3C)cc2)cc1. The Bertz CT molecular complexity index is 1100. The minimum Gasteiger partial charge on any atom is -0.383 e. The summed E-state index contributed by atoms with van der Waals surface area (Å²) in [6, 6.07) is 18.3. The van der Waals surface area contributed by atoms with Gasteiger partial charge in [-0.2, -0.15) is 4.39 Å². The van der Waals surface area contributed by atoms with Crippen LogP contribution in [0, 0.1) is 12.9 Å². The summed E-state index contributed by atoms with van der Waals surface area (Å²) >= 11 is 0. The molecule has 0 spiro atoms. The van der Waals surface area contributed by atoms with E-state index >= 15 is 0 Å². The molecule has 2 aromatic carbocycles. The number of benzene rings is 2. The molecule has 1 aromatic heterocycles. The summed E-state index contributed by atoms with van der Waals surface area (Å²) < 4.78 is 18.3. The first kappa shape index (κ1) is 24.3. The van der Waals surface area contributed by atoms with Gasteiger partial charge < -0.3 is 9.64 Å². The number of ether oxygens (including phenoxy) is 1. The molecule has 0 atom stereocenters. The average molecular weight is 449 g/mol. The molecular weight excluding hydrogens is 419 g/mol. The summed E-state index contributed by atoms with van der Waals surface area (Å²) in [5.41, 5.74) is 4.95. The van der Waals surface area contributed by atoms with E-state index in [2.05, 4.69) is 4.98 Å². The van der Waals surface area contributed by atoms with Gasteiger partial charge in [-0.3, -0.25) is 9.59 Å². The van der Waals surface area contributed by atoms with E-state index in [0.29, 0.717) is 43.7 Å². The number of halogens is 1. The molecule has 172 valence electrons. The van der Waals surface area contributed by atoms with Crippen molar-refractivity contribution in [2.75, 3.05) is 25.2 Å². The highest BCUT2D eigenvalue weighted by Crippen LogP contribution is 2.24. The van der Waals surface area contributed by atoms with Gasteiger partial charge in [-0.1, -0.05) is 49.4 Å². The third-order valence-corrected chi connectivity index (χ3v) is 5.62. The van der Waals surface area contributed by atoms with Gasteiger partial charge in [-0.25, -0.2) is 4.98 Å². The quantitative estimate of drug-likeness (QED) is 0.308. The highest BCUT2D eigenvalue weighted by Gasteiger charge is 2.14. The highest BCUT2D eigenvalue weighted by molar-refractivity contribution is 5.96. The molecule has 0 unspecified atom stereocenters. The largest absolute Gasteiger partial charge is 0.383 e. The number of hydrogen-bond acceptors (Lipinski definition) is 4. The Labute approximate surface area is 194 Å². The molecule has 0 aliphatic carbocycles. The van der Waals surface area contributed by atoms with E-state index in [1.807, 2.05) is 55.5 Å². The molecule has 5 nitrogen and oxygen atoms in total. The molecular formula is C27H29FN2O3. The lowest BCUT2D eigenvalue weighted by Crippen LogP contribution is -2.33. The molecule has 0 fully saturated rings. The Morgan fingerprint density at radius 2 is 1.61 bits per heavy atom. The van der Waals surface area contributed by atoms with Crippen LogP contribution >= 0.6 is 0 Å². The summed E-state index contributed by atoms with van der Waals surface area (Å²) in [4.78, 5) is 30.4. The zero-order valence-corrected chi connectivity index (χ0v) is 19.3. The third kappa shape index (κ3) is 6.33. The molecule has 0 N–H and O–H groups in total. The number of hydrogen-bond donors (Lipinski definition) is 0. The van der Waals surface area contributed by atoms with E-state index in [0.717, 1.165) is 22.4 Å². The number of amides is 1. The fourth-order valence-corrected chi connectivity index (χ4v) is 3.67. The number of aromatic nitrogens is 1. The van der Waals surface area contributed by atoms with Crippen LogP contribution in [0.5, 0.6) is 0 Å². The number of rotatable bonds is 10. The van der Waals surface area contributed by atoms with Crippen LogP contribution in [0.4, 0.5) is 10.1 Å². The lowest BCUT2D eigenvalue weighted by atomic mass is 9.99. The Hall–Kier alpha value is -3.38. The molecule has 1 amide bonds. The maximum Gasteiger partial charge on any atom is 0.226 e. The Balaban J connectivity index is 1.66. The normalized spacial score (nSPS) is 10.8. The zero-order valence-electron chi connectivity index (χ0n) is 19.3. The van der Waals surface area contributed by atoms with Crippen molar-refractivity contribution in [2.24, 2.45) is 0 Å². The monoisotopic (exact) mass is 448 g/mol. The first-order valence-corrected chi connectivity index (χ1v) is 11.1. The smallest absolute Gasteiger partial charge is 0.226 e. The van der Waals surface area contributed by atoms with Crippen LogP contribution in [0.1, 0.15) is 41.4 Å². The van der Waals surface area contributed by atoms with Crippen molar-refractivity contribution in [2.45, 2.75) is 33.1 Å². The predicted octanol–water partition coefficient (Wildman–Crippen LogP) is 5.40. The maximum absolute atomic E-state index is 13.2. The highest BCUT2D eigenvalue weighted by atomic mass is 19.1. The second kappa shape index (κ2) is 11.5. The summed E-state index contributed by atoms with van der Waals surface area (Å²) in [6.45, 7) is 4.57. The summed E-state index contributed by atoms with van der Waals surface area (Å²) in [7, 11) is 1.62. The molecule has 0 saturated heterocycles. The predicted molar refractivity (Wildman–Crippen MR) is 128 cm³/mol. The van der Waals surface area contributed by atoms with Crippen molar-refractivity contribution in [3.8, 4) is 11.1 Å². The van der Waals surface area contributed by atoms with Crippen molar-refractivity contribution >= 4 is 17.4 Å².